The molecule has 1 aliphatic rings. The van der Waals surface area contributed by atoms with E-state index in [9.17, 15) is 4.39 Å². The third kappa shape index (κ3) is 7.47. The van der Waals surface area contributed by atoms with Crippen molar-refractivity contribution in [3.63, 3.8) is 0 Å². The summed E-state index contributed by atoms with van der Waals surface area (Å²) in [5, 5.41) is 6.49. The monoisotopic (exact) mass is 513 g/mol. The fraction of sp³-hybridized carbons (Fsp3) is 0.409. The summed E-state index contributed by atoms with van der Waals surface area (Å²) in [6.07, 6.45) is 2.33. The van der Waals surface area contributed by atoms with Gasteiger partial charge < -0.3 is 20.1 Å². The number of aliphatic imine (C=N–C) groups is 1. The first-order valence-electron chi connectivity index (χ1n) is 9.67. The maximum absolute atomic E-state index is 13.3. The van der Waals surface area contributed by atoms with Gasteiger partial charge in [-0.05, 0) is 49.1 Å². The molecule has 0 amide bonds. The first-order chi connectivity index (χ1) is 13.6. The Hall–Kier alpha value is -1.87. The van der Waals surface area contributed by atoms with Crippen LogP contribution in [0, 0.1) is 12.7 Å². The summed E-state index contributed by atoms with van der Waals surface area (Å²) >= 11 is 0. The highest BCUT2D eigenvalue weighted by atomic mass is 127. The minimum absolute atomic E-state index is 0. The molecule has 1 aliphatic heterocycles. The molecule has 2 aromatic rings. The molecule has 0 spiro atoms. The predicted molar refractivity (Wildman–Crippen MR) is 125 cm³/mol. The van der Waals surface area contributed by atoms with Gasteiger partial charge in [0.25, 0.3) is 0 Å². The molecule has 2 aromatic carbocycles. The lowest BCUT2D eigenvalue weighted by Crippen LogP contribution is -2.36. The van der Waals surface area contributed by atoms with Crippen LogP contribution in [0.25, 0.3) is 0 Å². The van der Waals surface area contributed by atoms with Gasteiger partial charge in [-0.2, -0.15) is 0 Å². The highest BCUT2D eigenvalue weighted by Gasteiger charge is 2.17. The Balaban J connectivity index is 0.00000300. The minimum atomic E-state index is -0.241. The van der Waals surface area contributed by atoms with Crippen LogP contribution in [0.15, 0.2) is 47.5 Å². The quantitative estimate of drug-likeness (QED) is 0.332. The molecule has 0 aliphatic carbocycles. The molecule has 1 unspecified atom stereocenters. The normalized spacial score (nSPS) is 16.2. The number of guanidine groups is 1. The molecule has 1 saturated heterocycles. The largest absolute Gasteiger partial charge is 0.491 e. The van der Waals surface area contributed by atoms with Crippen molar-refractivity contribution in [2.75, 3.05) is 20.3 Å². The van der Waals surface area contributed by atoms with Gasteiger partial charge in [0, 0.05) is 32.3 Å². The molecule has 1 fully saturated rings. The van der Waals surface area contributed by atoms with Crippen LogP contribution in [0.2, 0.25) is 0 Å². The number of hydrogen-bond acceptors (Lipinski definition) is 3. The number of hydrogen-bond donors (Lipinski definition) is 2. The van der Waals surface area contributed by atoms with Crippen LogP contribution in [0.3, 0.4) is 0 Å². The van der Waals surface area contributed by atoms with Gasteiger partial charge in [0.05, 0.1) is 6.10 Å². The molecular formula is C22H29FIN3O2. The van der Waals surface area contributed by atoms with Crippen LogP contribution in [0.5, 0.6) is 5.75 Å². The van der Waals surface area contributed by atoms with Crippen molar-refractivity contribution in [3.8, 4) is 5.75 Å². The number of nitrogens with zero attached hydrogens (tertiary/aromatic N) is 1. The Morgan fingerprint density at radius 2 is 2.03 bits per heavy atom. The van der Waals surface area contributed by atoms with E-state index in [1.807, 2.05) is 6.07 Å². The van der Waals surface area contributed by atoms with E-state index in [1.54, 1.807) is 13.1 Å². The SMILES string of the molecule is CN=C(NCc1cccc(F)c1)NCc1ccc(C)cc1OCC1CCCO1.I. The summed E-state index contributed by atoms with van der Waals surface area (Å²) in [4.78, 5) is 4.24. The molecule has 5 nitrogen and oxygen atoms in total. The van der Waals surface area contributed by atoms with E-state index in [2.05, 4.69) is 40.7 Å². The summed E-state index contributed by atoms with van der Waals surface area (Å²) in [6, 6.07) is 12.7. The number of aryl methyl sites for hydroxylation is 1. The topological polar surface area (TPSA) is 54.9 Å². The molecule has 0 aromatic heterocycles. The molecule has 7 heteroatoms. The summed E-state index contributed by atoms with van der Waals surface area (Å²) < 4.78 is 25.0. The van der Waals surface area contributed by atoms with Crippen molar-refractivity contribution in [2.24, 2.45) is 4.99 Å². The molecule has 0 radical (unpaired) electrons. The van der Waals surface area contributed by atoms with Crippen molar-refractivity contribution in [1.82, 2.24) is 10.6 Å². The Labute approximate surface area is 189 Å². The molecule has 1 heterocycles. The van der Waals surface area contributed by atoms with E-state index in [-0.39, 0.29) is 35.9 Å². The summed E-state index contributed by atoms with van der Waals surface area (Å²) in [5.41, 5.74) is 3.07. The zero-order valence-electron chi connectivity index (χ0n) is 16.9. The van der Waals surface area contributed by atoms with Gasteiger partial charge in [0.2, 0.25) is 0 Å². The summed E-state index contributed by atoms with van der Waals surface area (Å²) in [6.45, 7) is 4.51. The summed E-state index contributed by atoms with van der Waals surface area (Å²) in [7, 11) is 1.71. The maximum atomic E-state index is 13.3. The van der Waals surface area contributed by atoms with Crippen LogP contribution in [0.1, 0.15) is 29.5 Å². The molecule has 0 saturated carbocycles. The average molecular weight is 513 g/mol. The molecule has 3 rings (SSSR count). The second-order valence-corrected chi connectivity index (χ2v) is 6.97. The smallest absolute Gasteiger partial charge is 0.191 e. The van der Waals surface area contributed by atoms with Crippen molar-refractivity contribution in [2.45, 2.75) is 39.0 Å². The number of rotatable bonds is 7. The molecule has 1 atom stereocenters. The van der Waals surface area contributed by atoms with Gasteiger partial charge in [0.15, 0.2) is 5.96 Å². The Bertz CT molecular complexity index is 810. The van der Waals surface area contributed by atoms with Gasteiger partial charge in [0.1, 0.15) is 18.2 Å². The zero-order chi connectivity index (χ0) is 19.8. The highest BCUT2D eigenvalue weighted by molar-refractivity contribution is 14.0. The zero-order valence-corrected chi connectivity index (χ0v) is 19.2. The van der Waals surface area contributed by atoms with E-state index in [1.165, 1.54) is 12.1 Å². The van der Waals surface area contributed by atoms with Gasteiger partial charge in [-0.3, -0.25) is 4.99 Å². The lowest BCUT2D eigenvalue weighted by molar-refractivity contribution is 0.0676. The van der Waals surface area contributed by atoms with E-state index in [0.29, 0.717) is 25.7 Å². The molecule has 2 N–H and O–H groups in total. The first kappa shape index (κ1) is 23.4. The lowest BCUT2D eigenvalue weighted by Gasteiger charge is -2.17. The van der Waals surface area contributed by atoms with Crippen molar-refractivity contribution < 1.29 is 13.9 Å². The number of nitrogens with one attached hydrogen (secondary N) is 2. The number of ether oxygens (including phenoxy) is 2. The van der Waals surface area contributed by atoms with E-state index in [0.717, 1.165) is 41.9 Å². The fourth-order valence-electron chi connectivity index (χ4n) is 3.13. The predicted octanol–water partition coefficient (Wildman–Crippen LogP) is 4.18. The van der Waals surface area contributed by atoms with Crippen LogP contribution in [-0.2, 0) is 17.8 Å². The van der Waals surface area contributed by atoms with Gasteiger partial charge >= 0.3 is 0 Å². The third-order valence-electron chi connectivity index (χ3n) is 4.69. The number of halogens is 2. The molecule has 158 valence electrons. The average Bonchev–Trinajstić information content (AvgIpc) is 3.21. The van der Waals surface area contributed by atoms with E-state index < -0.39 is 0 Å². The Morgan fingerprint density at radius 1 is 1.21 bits per heavy atom. The van der Waals surface area contributed by atoms with E-state index in [4.69, 9.17) is 9.47 Å². The lowest BCUT2D eigenvalue weighted by atomic mass is 10.1. The molecular weight excluding hydrogens is 484 g/mol. The fourth-order valence-corrected chi connectivity index (χ4v) is 3.13. The van der Waals surface area contributed by atoms with Crippen molar-refractivity contribution >= 4 is 29.9 Å². The highest BCUT2D eigenvalue weighted by Crippen LogP contribution is 2.22. The maximum Gasteiger partial charge on any atom is 0.191 e. The summed E-state index contributed by atoms with van der Waals surface area (Å²) in [5.74, 6) is 1.27. The number of benzene rings is 2. The van der Waals surface area contributed by atoms with Gasteiger partial charge in [-0.15, -0.1) is 24.0 Å². The standard InChI is InChI=1S/C22H28FN3O2.HI/c1-16-8-9-18(21(11-16)28-15-20-7-4-10-27-20)14-26-22(24-2)25-13-17-5-3-6-19(23)12-17;/h3,5-6,8-9,11-12,20H,4,7,10,13-15H2,1-2H3,(H2,24,25,26);1H. The molecule has 0 bridgehead atoms. The minimum Gasteiger partial charge on any atom is -0.491 e. The van der Waals surface area contributed by atoms with Crippen molar-refractivity contribution in [3.05, 3.63) is 65.0 Å². The molecule has 29 heavy (non-hydrogen) atoms. The van der Waals surface area contributed by atoms with Crippen LogP contribution in [-0.4, -0.2) is 32.3 Å². The van der Waals surface area contributed by atoms with Crippen LogP contribution >= 0.6 is 24.0 Å². The second-order valence-electron chi connectivity index (χ2n) is 6.97. The Kier molecular flexibility index (Phi) is 9.66. The van der Waals surface area contributed by atoms with Crippen LogP contribution < -0.4 is 15.4 Å². The van der Waals surface area contributed by atoms with Crippen LogP contribution in [0.4, 0.5) is 4.39 Å². The Morgan fingerprint density at radius 3 is 2.76 bits per heavy atom. The van der Waals surface area contributed by atoms with Gasteiger partial charge in [-0.25, -0.2) is 4.39 Å². The second kappa shape index (κ2) is 12.0. The first-order valence-corrected chi connectivity index (χ1v) is 9.67. The van der Waals surface area contributed by atoms with Gasteiger partial charge in [-0.1, -0.05) is 24.3 Å². The third-order valence-corrected chi connectivity index (χ3v) is 4.69. The van der Waals surface area contributed by atoms with Crippen molar-refractivity contribution in [1.29, 1.82) is 0 Å². The van der Waals surface area contributed by atoms with E-state index >= 15 is 0 Å².